The Hall–Kier alpha value is -2.12. The normalized spacial score (nSPS) is 13.1. The molecule has 3 rings (SSSR count). The maximum Gasteiger partial charge on any atom is 0.263 e. The van der Waals surface area contributed by atoms with Gasteiger partial charge in [-0.3, -0.25) is 4.79 Å². The highest BCUT2D eigenvalue weighted by Crippen LogP contribution is 2.37. The Labute approximate surface area is 145 Å². The van der Waals surface area contributed by atoms with Crippen molar-refractivity contribution in [1.82, 2.24) is 10.3 Å². The summed E-state index contributed by atoms with van der Waals surface area (Å²) in [6, 6.07) is 5.65. The van der Waals surface area contributed by atoms with Crippen molar-refractivity contribution in [3.05, 3.63) is 29.3 Å². The van der Waals surface area contributed by atoms with Crippen molar-refractivity contribution in [2.24, 2.45) is 5.73 Å². The van der Waals surface area contributed by atoms with Gasteiger partial charge >= 0.3 is 0 Å². The maximum absolute atomic E-state index is 12.5. The molecule has 0 saturated heterocycles. The molecule has 24 heavy (non-hydrogen) atoms. The molecular weight excluding hydrogens is 326 g/mol. The van der Waals surface area contributed by atoms with Crippen LogP contribution in [0.1, 0.15) is 36.4 Å². The number of carbonyl (C=O) groups is 1. The first-order chi connectivity index (χ1) is 11.6. The second-order valence-electron chi connectivity index (χ2n) is 5.74. The fraction of sp³-hybridized carbons (Fsp3) is 0.412. The van der Waals surface area contributed by atoms with Crippen LogP contribution in [0.2, 0.25) is 0 Å². The van der Waals surface area contributed by atoms with Crippen LogP contribution in [0.4, 0.5) is 0 Å². The van der Waals surface area contributed by atoms with Crippen LogP contribution in [0.3, 0.4) is 0 Å². The SMILES string of the molecule is CCC(CC)(CN)NC(=O)c1cnc(-c2ccc3c(c2)OCO3)s1. The smallest absolute Gasteiger partial charge is 0.263 e. The van der Waals surface area contributed by atoms with Crippen molar-refractivity contribution in [2.75, 3.05) is 13.3 Å². The van der Waals surface area contributed by atoms with E-state index in [0.717, 1.165) is 29.2 Å². The van der Waals surface area contributed by atoms with E-state index in [1.165, 1.54) is 11.3 Å². The van der Waals surface area contributed by atoms with Gasteiger partial charge in [0.15, 0.2) is 11.5 Å². The van der Waals surface area contributed by atoms with Gasteiger partial charge < -0.3 is 20.5 Å². The molecule has 7 heteroatoms. The molecule has 0 radical (unpaired) electrons. The van der Waals surface area contributed by atoms with Crippen LogP contribution in [-0.4, -0.2) is 29.8 Å². The van der Waals surface area contributed by atoms with Crippen LogP contribution in [0.15, 0.2) is 24.4 Å². The summed E-state index contributed by atoms with van der Waals surface area (Å²) in [5, 5.41) is 3.83. The average Bonchev–Trinajstić information content (AvgIpc) is 3.28. The topological polar surface area (TPSA) is 86.5 Å². The summed E-state index contributed by atoms with van der Waals surface area (Å²) in [6.07, 6.45) is 3.19. The zero-order chi connectivity index (χ0) is 17.2. The minimum atomic E-state index is -0.361. The molecule has 1 aliphatic rings. The van der Waals surface area contributed by atoms with Gasteiger partial charge in [0.2, 0.25) is 6.79 Å². The Morgan fingerprint density at radius 1 is 1.33 bits per heavy atom. The van der Waals surface area contributed by atoms with E-state index in [0.29, 0.717) is 17.2 Å². The predicted octanol–water partition coefficient (Wildman–Crippen LogP) is 2.79. The van der Waals surface area contributed by atoms with Gasteiger partial charge in [-0.1, -0.05) is 13.8 Å². The Morgan fingerprint density at radius 3 is 2.79 bits per heavy atom. The molecule has 0 aliphatic carbocycles. The summed E-state index contributed by atoms with van der Waals surface area (Å²) in [6.45, 7) is 4.71. The molecule has 1 aromatic carbocycles. The molecule has 1 amide bonds. The lowest BCUT2D eigenvalue weighted by molar-refractivity contribution is 0.0899. The van der Waals surface area contributed by atoms with E-state index in [4.69, 9.17) is 15.2 Å². The molecule has 0 fully saturated rings. The fourth-order valence-electron chi connectivity index (χ4n) is 2.61. The molecule has 128 valence electrons. The summed E-state index contributed by atoms with van der Waals surface area (Å²) >= 11 is 1.35. The number of hydrogen-bond acceptors (Lipinski definition) is 6. The highest BCUT2D eigenvalue weighted by atomic mass is 32.1. The van der Waals surface area contributed by atoms with Crippen LogP contribution in [0, 0.1) is 0 Å². The number of nitrogens with two attached hydrogens (primary N) is 1. The zero-order valence-corrected chi connectivity index (χ0v) is 14.6. The molecule has 2 aromatic rings. The molecule has 0 saturated carbocycles. The lowest BCUT2D eigenvalue weighted by Gasteiger charge is -2.31. The van der Waals surface area contributed by atoms with E-state index < -0.39 is 0 Å². The van der Waals surface area contributed by atoms with Crippen LogP contribution in [-0.2, 0) is 0 Å². The standard InChI is InChI=1S/C17H21N3O3S/c1-3-17(4-2,9-18)20-15(21)14-8-19-16(24-14)11-5-6-12-13(7-11)23-10-22-12/h5-8H,3-4,9-10,18H2,1-2H3,(H,20,21). The summed E-state index contributed by atoms with van der Waals surface area (Å²) < 4.78 is 10.7. The number of benzene rings is 1. The third-order valence-electron chi connectivity index (χ3n) is 4.47. The number of thiazole rings is 1. The van der Waals surface area contributed by atoms with Crippen LogP contribution in [0.25, 0.3) is 10.6 Å². The second-order valence-corrected chi connectivity index (χ2v) is 6.77. The Bertz CT molecular complexity index is 732. The van der Waals surface area contributed by atoms with Crippen LogP contribution < -0.4 is 20.5 Å². The van der Waals surface area contributed by atoms with Gasteiger partial charge in [-0.2, -0.15) is 0 Å². The first kappa shape index (κ1) is 16.7. The van der Waals surface area contributed by atoms with Gasteiger partial charge in [-0.15, -0.1) is 11.3 Å². The van der Waals surface area contributed by atoms with Gasteiger partial charge in [0.1, 0.15) is 9.88 Å². The molecular formula is C17H21N3O3S. The lowest BCUT2D eigenvalue weighted by Crippen LogP contribution is -2.52. The third-order valence-corrected chi connectivity index (χ3v) is 5.52. The van der Waals surface area contributed by atoms with Crippen LogP contribution >= 0.6 is 11.3 Å². The van der Waals surface area contributed by atoms with Gasteiger partial charge in [-0.25, -0.2) is 4.98 Å². The molecule has 2 heterocycles. The highest BCUT2D eigenvalue weighted by molar-refractivity contribution is 7.16. The summed E-state index contributed by atoms with van der Waals surface area (Å²) in [7, 11) is 0. The number of fused-ring (bicyclic) bond motifs is 1. The number of carbonyl (C=O) groups excluding carboxylic acids is 1. The van der Waals surface area contributed by atoms with Crippen molar-refractivity contribution < 1.29 is 14.3 Å². The fourth-order valence-corrected chi connectivity index (χ4v) is 3.42. The van der Waals surface area contributed by atoms with E-state index in [1.807, 2.05) is 32.0 Å². The first-order valence-electron chi connectivity index (χ1n) is 7.99. The van der Waals surface area contributed by atoms with Crippen molar-refractivity contribution >= 4 is 17.2 Å². The summed E-state index contributed by atoms with van der Waals surface area (Å²) in [5.41, 5.74) is 6.39. The van der Waals surface area contributed by atoms with Gasteiger partial charge in [0, 0.05) is 12.1 Å². The molecule has 0 spiro atoms. The summed E-state index contributed by atoms with van der Waals surface area (Å²) in [4.78, 5) is 17.5. The molecule has 1 aromatic heterocycles. The third kappa shape index (κ3) is 3.09. The Kier molecular flexibility index (Phi) is 4.73. The highest BCUT2D eigenvalue weighted by Gasteiger charge is 2.27. The summed E-state index contributed by atoms with van der Waals surface area (Å²) in [5.74, 6) is 1.30. The van der Waals surface area contributed by atoms with Gasteiger partial charge in [0.05, 0.1) is 11.7 Å². The minimum Gasteiger partial charge on any atom is -0.454 e. The monoisotopic (exact) mass is 347 g/mol. The minimum absolute atomic E-state index is 0.131. The number of aromatic nitrogens is 1. The second kappa shape index (κ2) is 6.78. The molecule has 3 N–H and O–H groups in total. The van der Waals surface area contributed by atoms with Gasteiger partial charge in [-0.05, 0) is 31.0 Å². The van der Waals surface area contributed by atoms with E-state index >= 15 is 0 Å². The lowest BCUT2D eigenvalue weighted by atomic mass is 9.93. The van der Waals surface area contributed by atoms with E-state index in [-0.39, 0.29) is 18.2 Å². The van der Waals surface area contributed by atoms with Crippen LogP contribution in [0.5, 0.6) is 11.5 Å². The number of nitrogens with zero attached hydrogens (tertiary/aromatic N) is 1. The predicted molar refractivity (Wildman–Crippen MR) is 93.5 cm³/mol. The Morgan fingerprint density at radius 2 is 2.08 bits per heavy atom. The van der Waals surface area contributed by atoms with Crippen molar-refractivity contribution in [3.8, 4) is 22.1 Å². The average molecular weight is 347 g/mol. The van der Waals surface area contributed by atoms with E-state index in [1.54, 1.807) is 6.20 Å². The number of amides is 1. The molecule has 0 bridgehead atoms. The molecule has 0 unspecified atom stereocenters. The van der Waals surface area contributed by atoms with E-state index in [9.17, 15) is 4.79 Å². The van der Waals surface area contributed by atoms with Crippen molar-refractivity contribution in [3.63, 3.8) is 0 Å². The molecule has 1 aliphatic heterocycles. The number of hydrogen-bond donors (Lipinski definition) is 2. The first-order valence-corrected chi connectivity index (χ1v) is 8.81. The van der Waals surface area contributed by atoms with Crippen molar-refractivity contribution in [1.29, 1.82) is 0 Å². The molecule has 6 nitrogen and oxygen atoms in total. The number of ether oxygens (including phenoxy) is 2. The van der Waals surface area contributed by atoms with E-state index in [2.05, 4.69) is 10.3 Å². The largest absolute Gasteiger partial charge is 0.454 e. The molecule has 0 atom stereocenters. The Balaban J connectivity index is 1.79. The van der Waals surface area contributed by atoms with Gasteiger partial charge in [0.25, 0.3) is 5.91 Å². The number of rotatable bonds is 6. The van der Waals surface area contributed by atoms with Crippen molar-refractivity contribution in [2.45, 2.75) is 32.2 Å². The maximum atomic E-state index is 12.5. The zero-order valence-electron chi connectivity index (χ0n) is 13.8. The number of nitrogens with one attached hydrogen (secondary N) is 1. The quantitative estimate of drug-likeness (QED) is 0.839.